The molecule has 8 amide bonds. The third-order valence-electron chi connectivity index (χ3n) is 22.3. The number of aromatic hydroxyl groups is 16. The van der Waals surface area contributed by atoms with Gasteiger partial charge >= 0.3 is 0 Å². The average Bonchev–Trinajstić information content (AvgIpc) is 1.16. The molecule has 3 saturated heterocycles. The number of hydrogen-bond donors (Lipinski definition) is 28. The topological polar surface area (TPSA) is 698 Å². The Kier molecular flexibility index (Phi) is 47.3. The van der Waals surface area contributed by atoms with Crippen molar-refractivity contribution in [1.29, 1.82) is 0 Å². The fourth-order valence-electron chi connectivity index (χ4n) is 13.7. The van der Waals surface area contributed by atoms with E-state index in [0.717, 1.165) is 60.1 Å². The first-order valence-electron chi connectivity index (χ1n) is 45.0. The van der Waals surface area contributed by atoms with Crippen LogP contribution in [0.4, 0.5) is 0 Å². The maximum atomic E-state index is 12.3. The van der Waals surface area contributed by atoms with Crippen LogP contribution < -0.4 is 54.0 Å². The number of aliphatic hydroxyl groups is 1. The van der Waals surface area contributed by atoms with Crippen LogP contribution in [-0.4, -0.2) is 262 Å². The Bertz CT molecular complexity index is 5440. The number of hydrogen-bond acceptors (Lipinski definition) is 32. The number of nitrogens with two attached hydrogens (primary N) is 2. The third-order valence-corrected chi connectivity index (χ3v) is 22.3. The molecule has 30 N–H and O–H groups in total. The molecule has 1 aromatic heterocycles. The van der Waals surface area contributed by atoms with Crippen LogP contribution in [0.15, 0.2) is 134 Å². The summed E-state index contributed by atoms with van der Waals surface area (Å²) < 4.78 is 0. The Morgan fingerprint density at radius 3 is 1.49 bits per heavy atom. The van der Waals surface area contributed by atoms with Gasteiger partial charge in [0.25, 0.3) is 5.91 Å². The number of ketones is 2. The molecule has 0 spiro atoms. The number of para-hydroxylation sites is 2. The monoisotopic (exact) mass is 1920 g/mol. The van der Waals surface area contributed by atoms with Crippen LogP contribution in [0.25, 0.3) is 10.9 Å². The number of piperidine rings is 2. The maximum Gasteiger partial charge on any atom is 0.257 e. The number of nitrogens with one attached hydrogen (secondary N) is 9. The Morgan fingerprint density at radius 2 is 0.986 bits per heavy atom. The maximum absolute atomic E-state index is 12.3. The number of allylic oxidation sites excluding steroid dienone is 2. The molecule has 3 fully saturated rings. The first-order valence-corrected chi connectivity index (χ1v) is 45.0. The molecule has 2 unspecified atom stereocenters. The number of aryl methyl sites for hydroxylation is 1. The molecule has 41 heteroatoms. The van der Waals surface area contributed by atoms with Gasteiger partial charge in [-0.05, 0) is 162 Å². The normalized spacial score (nSPS) is 14.1. The van der Waals surface area contributed by atoms with Crippen LogP contribution in [0.3, 0.4) is 0 Å². The highest BCUT2D eigenvalue weighted by Gasteiger charge is 2.35. The van der Waals surface area contributed by atoms with Gasteiger partial charge in [-0.25, -0.2) is 0 Å². The molecule has 3 aliphatic rings. The van der Waals surface area contributed by atoms with Crippen molar-refractivity contribution in [3.63, 3.8) is 0 Å². The van der Waals surface area contributed by atoms with Gasteiger partial charge in [0.05, 0.1) is 53.7 Å². The number of carbonyl (C=O) groups excluding carboxylic acids is 10. The van der Waals surface area contributed by atoms with Crippen molar-refractivity contribution in [1.82, 2.24) is 62.5 Å². The zero-order valence-electron chi connectivity index (χ0n) is 78.3. The zero-order chi connectivity index (χ0) is 103. The van der Waals surface area contributed by atoms with Crippen molar-refractivity contribution in [3.8, 4) is 92.0 Å². The molecule has 7 aromatic carbocycles. The van der Waals surface area contributed by atoms with Gasteiger partial charge in [-0.15, -0.1) is 0 Å². The first kappa shape index (κ1) is 113. The highest BCUT2D eigenvalue weighted by Crippen LogP contribution is 2.42. The van der Waals surface area contributed by atoms with Crippen molar-refractivity contribution in [3.05, 3.63) is 173 Å². The molecule has 0 bridgehead atoms. The lowest BCUT2D eigenvalue weighted by Crippen LogP contribution is -2.62. The molecule has 41 nitrogen and oxygen atoms in total. The predicted octanol–water partition coefficient (Wildman–Crippen LogP) is 5.61. The van der Waals surface area contributed by atoms with E-state index in [1.807, 2.05) is 45.0 Å². The lowest BCUT2D eigenvalue weighted by Gasteiger charge is -2.40. The van der Waals surface area contributed by atoms with E-state index in [-0.39, 0.29) is 178 Å². The number of phenols is 16. The predicted molar refractivity (Wildman–Crippen MR) is 511 cm³/mol. The van der Waals surface area contributed by atoms with Gasteiger partial charge in [0.1, 0.15) is 11.5 Å². The molecule has 8 aromatic rings. The molecule has 0 aliphatic carbocycles. The minimum absolute atomic E-state index is 0.0270. The van der Waals surface area contributed by atoms with E-state index in [2.05, 4.69) is 65.9 Å². The summed E-state index contributed by atoms with van der Waals surface area (Å²) in [6, 6.07) is 26.6. The summed E-state index contributed by atoms with van der Waals surface area (Å²) in [5.41, 5.74) is 17.2. The first-order chi connectivity index (χ1) is 65.5. The van der Waals surface area contributed by atoms with E-state index in [4.69, 9.17) is 26.8 Å². The number of phenolic OH excluding ortho intramolecular Hbond substituents is 16. The number of aliphatic hydroxyl groups excluding tert-OH is 1. The second kappa shape index (κ2) is 57.6. The van der Waals surface area contributed by atoms with E-state index in [0.29, 0.717) is 139 Å². The molecule has 138 heavy (non-hydrogen) atoms. The van der Waals surface area contributed by atoms with E-state index in [1.165, 1.54) is 80.7 Å². The number of benzene rings is 7. The number of rotatable bonds is 35. The standard InChI is InChI=1S/C17H23NO5.C15H20N2O4.C14H19N3O3.C14H20N2O4.C13H17N3O2.C12H18N2O4.C12H15NO5/c1-11(19)13-6-2-3-10-18(13)15(21)7-4-5-12-8-9-14(20)17(23)16(12)22;1-9-2-3-11(8-17-9)15(21)16-7-6-10-4-5-12(18)14(20)13(10)19;1-2-11(15)13(19)16-9-7-17(8-9)14(20)10-5-3-4-6-12(10)18;1-9(2)15-8-6-12(18)16-7-5-10-3-4-11(17)14(20)13(10)19;1-9(8-17)13(18)14-7-6-12-10-4-2-3-5-11(10)15-16-12;1-2-8(13)12(18)14-6-5-7-3-4-9(15)11(17)10(7)16;1-13-10(16)5-3-8(14)6-7-2-4-9(15)12(18)11(7)17/h8-9,13,20,22-23H,2-7,10H2,1H3;4-5,11,17-20H,1-3,6-8H2,(H,16,21);3-6,9,11,18H,2,7-8,15H2,1H3,(H,16,19);3-4,15,17,19-20H,1,5-8H2,2H3,(H,16,18);2-5,9,17H,6-8H2,1H3,(H,14,18)(H,15,16);3-4,8,15-17H,2,5-6,13H2,1H3,(H,14,18);2,4,15,17-18H,3,5-6H2,1H3,(H,13,16)/t;;11-;;9-;8-;/m..0.00./s1. The smallest absolute Gasteiger partial charge is 0.257 e. The number of Topliss-reactive ketones (excluding diaryl/α,β-unsaturated/α-hetero) is 2. The Balaban J connectivity index is 0.000000285. The van der Waals surface area contributed by atoms with Crippen LogP contribution in [0.2, 0.25) is 0 Å². The molecular weight excluding hydrogens is 1790 g/mol. The van der Waals surface area contributed by atoms with Gasteiger partial charge < -0.3 is 151 Å². The summed E-state index contributed by atoms with van der Waals surface area (Å²) in [5, 5.41) is 190. The van der Waals surface area contributed by atoms with E-state index >= 15 is 0 Å². The van der Waals surface area contributed by atoms with Crippen LogP contribution in [-0.2, 0) is 81.7 Å². The van der Waals surface area contributed by atoms with Gasteiger partial charge in [0, 0.05) is 133 Å². The van der Waals surface area contributed by atoms with E-state index < -0.39 is 52.3 Å². The number of carbonyl (C=O) groups is 10. The number of nitrogens with zero attached hydrogens (tertiary/aromatic N) is 3. The van der Waals surface area contributed by atoms with Crippen LogP contribution >= 0.6 is 0 Å². The number of amides is 8. The quantitative estimate of drug-likeness (QED) is 0.0215. The zero-order valence-corrected chi connectivity index (χ0v) is 78.3. The summed E-state index contributed by atoms with van der Waals surface area (Å²) in [5.74, 6) is -8.58. The second-order valence-electron chi connectivity index (χ2n) is 32.8. The SMILES string of the molecule is C=C(C)NCCC(=O)NCCc1ccc(O)c(O)c1O.C=C1CCC(C(=O)NCCc2ccc(O)c(O)c2O)CN1.CC(=O)C1CCCCN1C(=O)CCCc1ccc(O)c(O)c1O.CC[C@H](N)C(=O)NC1CN(C(=O)c2ccccc2O)C1.CC[C@H](N)C(=O)NCCc1ccc(O)c(O)c1O.CNC(=O)CCC(=O)Cc1ccc(O)c(O)c1O.C[C@@H](CO)C(=O)NCCc1[nH]nc2ccccc12. The summed E-state index contributed by atoms with van der Waals surface area (Å²) in [6.07, 6.45) is 8.65. The summed E-state index contributed by atoms with van der Waals surface area (Å²) in [6.45, 7) is 20.2. The van der Waals surface area contributed by atoms with E-state index in [1.54, 1.807) is 34.9 Å². The molecule has 3 aliphatic heterocycles. The van der Waals surface area contributed by atoms with Crippen molar-refractivity contribution >= 4 is 69.7 Å². The average molecular weight is 1930 g/mol. The minimum Gasteiger partial charge on any atom is -0.507 e. The van der Waals surface area contributed by atoms with Crippen molar-refractivity contribution in [2.45, 2.75) is 174 Å². The van der Waals surface area contributed by atoms with Gasteiger partial charge in [-0.3, -0.25) is 53.0 Å². The number of H-pyrrole nitrogens is 1. The molecular formula is C97H132N14O27. The van der Waals surface area contributed by atoms with Crippen LogP contribution in [0.5, 0.6) is 92.0 Å². The fourth-order valence-corrected chi connectivity index (χ4v) is 13.7. The fraction of sp³-hybridized carbons (Fsp3) is 0.412. The molecule has 0 saturated carbocycles. The van der Waals surface area contributed by atoms with Crippen LogP contribution in [0.1, 0.15) is 156 Å². The molecule has 11 rings (SSSR count). The van der Waals surface area contributed by atoms with Crippen molar-refractivity contribution < 1.29 is 135 Å². The highest BCUT2D eigenvalue weighted by atomic mass is 16.4. The lowest BCUT2D eigenvalue weighted by atomic mass is 9.97. The molecule has 0 radical (unpaired) electrons. The van der Waals surface area contributed by atoms with Gasteiger partial charge in [-0.1, -0.05) is 94.6 Å². The van der Waals surface area contributed by atoms with Gasteiger partial charge in [0.2, 0.25) is 70.1 Å². The van der Waals surface area contributed by atoms with Gasteiger partial charge in [-0.2, -0.15) is 5.10 Å². The highest BCUT2D eigenvalue weighted by molar-refractivity contribution is 5.97. The largest absolute Gasteiger partial charge is 0.507 e. The Morgan fingerprint density at radius 1 is 0.507 bits per heavy atom. The molecule has 752 valence electrons. The number of fused-ring (bicyclic) bond motifs is 1. The van der Waals surface area contributed by atoms with Crippen molar-refractivity contribution in [2.24, 2.45) is 23.3 Å². The molecule has 5 atom stereocenters. The minimum atomic E-state index is -0.647. The third kappa shape index (κ3) is 36.3. The summed E-state index contributed by atoms with van der Waals surface area (Å²) >= 11 is 0. The number of likely N-dealkylation sites (tertiary alicyclic amines) is 2. The van der Waals surface area contributed by atoms with Gasteiger partial charge in [0.15, 0.2) is 63.3 Å². The Hall–Kier alpha value is -15.1. The second-order valence-corrected chi connectivity index (χ2v) is 32.8. The molecule has 4 heterocycles. The summed E-state index contributed by atoms with van der Waals surface area (Å²) in [4.78, 5) is 120. The summed E-state index contributed by atoms with van der Waals surface area (Å²) in [7, 11) is 1.48. The number of aromatic amines is 1. The lowest BCUT2D eigenvalue weighted by molar-refractivity contribution is -0.140. The van der Waals surface area contributed by atoms with E-state index in [9.17, 15) is 119 Å². The van der Waals surface area contributed by atoms with Crippen LogP contribution in [0, 0.1) is 11.8 Å². The number of aromatic nitrogens is 2. The Labute approximate surface area is 798 Å². The van der Waals surface area contributed by atoms with Crippen molar-refractivity contribution in [2.75, 3.05) is 72.6 Å².